The van der Waals surface area contributed by atoms with Crippen molar-refractivity contribution >= 4 is 23.5 Å². The molecule has 0 aliphatic carbocycles. The number of nitrogens with zero attached hydrogens (tertiary/aromatic N) is 1. The minimum absolute atomic E-state index is 0.125. The van der Waals surface area contributed by atoms with E-state index in [9.17, 15) is 19.1 Å². The molecule has 4 nitrogen and oxygen atoms in total. The largest absolute Gasteiger partial charge is 0.481 e. The summed E-state index contributed by atoms with van der Waals surface area (Å²) >= 11 is 5.89. The van der Waals surface area contributed by atoms with Crippen LogP contribution in [0.25, 0.3) is 0 Å². The Bertz CT molecular complexity index is 776. The van der Waals surface area contributed by atoms with Crippen LogP contribution in [0.3, 0.4) is 0 Å². The van der Waals surface area contributed by atoms with E-state index < -0.39 is 11.9 Å². The molecule has 25 heavy (non-hydrogen) atoms. The van der Waals surface area contributed by atoms with E-state index in [4.69, 9.17) is 11.6 Å². The Morgan fingerprint density at radius 3 is 2.32 bits per heavy atom. The summed E-state index contributed by atoms with van der Waals surface area (Å²) in [5, 5.41) is 10.1. The lowest BCUT2D eigenvalue weighted by Gasteiger charge is -2.16. The van der Waals surface area contributed by atoms with E-state index in [2.05, 4.69) is 0 Å². The van der Waals surface area contributed by atoms with Crippen molar-refractivity contribution in [3.05, 3.63) is 70.5 Å². The van der Waals surface area contributed by atoms with Gasteiger partial charge in [0.1, 0.15) is 5.82 Å². The highest BCUT2D eigenvalue weighted by molar-refractivity contribution is 6.30. The van der Waals surface area contributed by atoms with Gasteiger partial charge >= 0.3 is 5.97 Å². The fraction of sp³-hybridized carbons (Fsp3) is 0.263. The zero-order chi connectivity index (χ0) is 18.0. The molecular weight excluding hydrogens is 345 g/mol. The summed E-state index contributed by atoms with van der Waals surface area (Å²) in [4.78, 5) is 25.7. The zero-order valence-corrected chi connectivity index (χ0v) is 14.1. The van der Waals surface area contributed by atoms with Gasteiger partial charge in [-0.05, 0) is 35.4 Å². The third-order valence-corrected chi connectivity index (χ3v) is 4.81. The first-order chi connectivity index (χ1) is 11.9. The number of benzene rings is 2. The molecule has 0 aromatic heterocycles. The highest BCUT2D eigenvalue weighted by Gasteiger charge is 2.40. The van der Waals surface area contributed by atoms with Crippen LogP contribution in [-0.2, 0) is 16.0 Å². The van der Waals surface area contributed by atoms with E-state index in [1.54, 1.807) is 41.3 Å². The molecule has 1 amide bonds. The summed E-state index contributed by atoms with van der Waals surface area (Å²) in [7, 11) is 0. The van der Waals surface area contributed by atoms with Crippen LogP contribution in [0.2, 0.25) is 5.02 Å². The molecular formula is C19H17ClFNO3. The second kappa shape index (κ2) is 7.23. The Hall–Kier alpha value is -2.40. The molecule has 2 aromatic rings. The van der Waals surface area contributed by atoms with Crippen molar-refractivity contribution < 1.29 is 19.1 Å². The molecule has 130 valence electrons. The third-order valence-electron chi connectivity index (χ3n) is 4.56. The SMILES string of the molecule is O=C(O)[C@@H]1CN(C(=O)Cc2ccc(F)cc2)C[C@H]1c1ccc(Cl)cc1. The number of aliphatic carboxylic acids is 1. The molecule has 0 radical (unpaired) electrons. The van der Waals surface area contributed by atoms with Crippen LogP contribution in [0.1, 0.15) is 17.0 Å². The van der Waals surface area contributed by atoms with Crippen LogP contribution in [0.15, 0.2) is 48.5 Å². The van der Waals surface area contributed by atoms with Crippen molar-refractivity contribution in [3.8, 4) is 0 Å². The van der Waals surface area contributed by atoms with E-state index in [0.29, 0.717) is 17.1 Å². The number of carboxylic acids is 1. The number of likely N-dealkylation sites (tertiary alicyclic amines) is 1. The molecule has 1 aliphatic heterocycles. The van der Waals surface area contributed by atoms with Gasteiger partial charge in [-0.3, -0.25) is 9.59 Å². The average molecular weight is 362 g/mol. The summed E-state index contributed by atoms with van der Waals surface area (Å²) in [6.45, 7) is 0.515. The number of rotatable bonds is 4. The Morgan fingerprint density at radius 2 is 1.72 bits per heavy atom. The lowest BCUT2D eigenvalue weighted by molar-refractivity contribution is -0.141. The average Bonchev–Trinajstić information content (AvgIpc) is 3.03. The minimum atomic E-state index is -0.919. The first kappa shape index (κ1) is 17.4. The van der Waals surface area contributed by atoms with Gasteiger partial charge in [0.25, 0.3) is 0 Å². The second-order valence-corrected chi connectivity index (χ2v) is 6.64. The molecule has 2 atom stereocenters. The molecule has 1 N–H and O–H groups in total. The van der Waals surface area contributed by atoms with Crippen molar-refractivity contribution in [2.75, 3.05) is 13.1 Å². The fourth-order valence-corrected chi connectivity index (χ4v) is 3.32. The van der Waals surface area contributed by atoms with E-state index in [1.807, 2.05) is 0 Å². The number of carbonyl (C=O) groups excluding carboxylic acids is 1. The van der Waals surface area contributed by atoms with Crippen molar-refractivity contribution in [1.82, 2.24) is 4.90 Å². The minimum Gasteiger partial charge on any atom is -0.481 e. The Labute approximate surface area is 149 Å². The highest BCUT2D eigenvalue weighted by atomic mass is 35.5. The monoisotopic (exact) mass is 361 g/mol. The molecule has 6 heteroatoms. The smallest absolute Gasteiger partial charge is 0.308 e. The summed E-state index contributed by atoms with van der Waals surface area (Å²) in [6, 6.07) is 12.8. The number of hydrogen-bond acceptors (Lipinski definition) is 2. The third kappa shape index (κ3) is 3.99. The van der Waals surface area contributed by atoms with E-state index >= 15 is 0 Å². The van der Waals surface area contributed by atoms with Gasteiger partial charge in [-0.2, -0.15) is 0 Å². The van der Waals surface area contributed by atoms with Gasteiger partial charge < -0.3 is 10.0 Å². The highest BCUT2D eigenvalue weighted by Crippen LogP contribution is 2.33. The van der Waals surface area contributed by atoms with Crippen LogP contribution >= 0.6 is 11.6 Å². The summed E-state index contributed by atoms with van der Waals surface area (Å²) in [6.07, 6.45) is 0.125. The first-order valence-corrected chi connectivity index (χ1v) is 8.32. The van der Waals surface area contributed by atoms with Crippen molar-refractivity contribution in [2.24, 2.45) is 5.92 Å². The fourth-order valence-electron chi connectivity index (χ4n) is 3.19. The number of carbonyl (C=O) groups is 2. The predicted molar refractivity (Wildman–Crippen MR) is 92.0 cm³/mol. The van der Waals surface area contributed by atoms with Crippen LogP contribution in [-0.4, -0.2) is 35.0 Å². The molecule has 1 heterocycles. The predicted octanol–water partition coefficient (Wildman–Crippen LogP) is 3.35. The zero-order valence-electron chi connectivity index (χ0n) is 13.4. The Kier molecular flexibility index (Phi) is 5.04. The van der Waals surface area contributed by atoms with Crippen molar-refractivity contribution in [1.29, 1.82) is 0 Å². The standard InChI is InChI=1S/C19H17ClFNO3/c20-14-5-3-13(4-6-14)16-10-22(11-17(16)19(24)25)18(23)9-12-1-7-15(21)8-2-12/h1-8,16-17H,9-11H2,(H,24,25)/t16-,17+/m0/s1. The second-order valence-electron chi connectivity index (χ2n) is 6.20. The Morgan fingerprint density at radius 1 is 1.08 bits per heavy atom. The van der Waals surface area contributed by atoms with E-state index in [-0.39, 0.29) is 30.6 Å². The van der Waals surface area contributed by atoms with Crippen molar-refractivity contribution in [3.63, 3.8) is 0 Å². The van der Waals surface area contributed by atoms with Gasteiger partial charge in [0, 0.05) is 24.0 Å². The number of amides is 1. The van der Waals surface area contributed by atoms with Gasteiger partial charge in [0.15, 0.2) is 0 Å². The topological polar surface area (TPSA) is 57.6 Å². The lowest BCUT2D eigenvalue weighted by atomic mass is 9.89. The molecule has 1 fully saturated rings. The van der Waals surface area contributed by atoms with E-state index in [1.165, 1.54) is 12.1 Å². The van der Waals surface area contributed by atoms with Crippen LogP contribution in [0, 0.1) is 11.7 Å². The van der Waals surface area contributed by atoms with Gasteiger partial charge in [0.05, 0.1) is 12.3 Å². The molecule has 0 unspecified atom stereocenters. The number of halogens is 2. The number of hydrogen-bond donors (Lipinski definition) is 1. The Balaban J connectivity index is 1.75. The van der Waals surface area contributed by atoms with E-state index in [0.717, 1.165) is 5.56 Å². The maximum absolute atomic E-state index is 13.0. The maximum Gasteiger partial charge on any atom is 0.308 e. The maximum atomic E-state index is 13.0. The van der Waals surface area contributed by atoms with Crippen LogP contribution < -0.4 is 0 Å². The van der Waals surface area contributed by atoms with Crippen molar-refractivity contribution in [2.45, 2.75) is 12.3 Å². The lowest BCUT2D eigenvalue weighted by Crippen LogP contribution is -2.31. The summed E-state index contributed by atoms with van der Waals surface area (Å²) < 4.78 is 13.0. The molecule has 1 aliphatic rings. The summed E-state index contributed by atoms with van der Waals surface area (Å²) in [5.41, 5.74) is 1.56. The molecule has 0 saturated carbocycles. The normalized spacial score (nSPS) is 19.8. The molecule has 0 spiro atoms. The molecule has 0 bridgehead atoms. The van der Waals surface area contributed by atoms with Gasteiger partial charge in [-0.15, -0.1) is 0 Å². The van der Waals surface area contributed by atoms with Crippen LogP contribution in [0.4, 0.5) is 4.39 Å². The summed E-state index contributed by atoms with van der Waals surface area (Å²) in [5.74, 6) is -2.36. The number of carboxylic acid groups (broad SMARTS) is 1. The quantitative estimate of drug-likeness (QED) is 0.908. The molecule has 2 aromatic carbocycles. The molecule has 1 saturated heterocycles. The van der Waals surface area contributed by atoms with Gasteiger partial charge in [0.2, 0.25) is 5.91 Å². The first-order valence-electron chi connectivity index (χ1n) is 7.94. The molecule has 3 rings (SSSR count). The van der Waals surface area contributed by atoms with Crippen LogP contribution in [0.5, 0.6) is 0 Å². The van der Waals surface area contributed by atoms with Gasteiger partial charge in [-0.1, -0.05) is 35.9 Å². The van der Waals surface area contributed by atoms with Gasteiger partial charge in [-0.25, -0.2) is 4.39 Å².